The smallest absolute Gasteiger partial charge is 0.234 e. The molecule has 0 fully saturated rings. The average Bonchev–Trinajstić information content (AvgIpc) is 2.63. The van der Waals surface area contributed by atoms with Crippen LogP contribution in [0, 0.1) is 6.92 Å². The summed E-state index contributed by atoms with van der Waals surface area (Å²) in [6.07, 6.45) is 0. The Morgan fingerprint density at radius 1 is 0.926 bits per heavy atom. The Bertz CT molecular complexity index is 750. The predicted octanol–water partition coefficient (Wildman–Crippen LogP) is 3.33. The van der Waals surface area contributed by atoms with E-state index in [-0.39, 0.29) is 23.3 Å². The fourth-order valence-corrected chi connectivity index (χ4v) is 2.85. The van der Waals surface area contributed by atoms with Crippen molar-refractivity contribution in [1.82, 2.24) is 0 Å². The van der Waals surface area contributed by atoms with E-state index in [9.17, 15) is 9.59 Å². The van der Waals surface area contributed by atoms with Gasteiger partial charge in [-0.1, -0.05) is 12.1 Å². The normalized spacial score (nSPS) is 10.3. The fourth-order valence-electron chi connectivity index (χ4n) is 2.23. The van der Waals surface area contributed by atoms with Crippen LogP contribution in [0.4, 0.5) is 11.4 Å². The number of methoxy groups -OCH3 is 1. The Hall–Kier alpha value is -2.51. The van der Waals surface area contributed by atoms with Crippen molar-refractivity contribution in [2.45, 2.75) is 6.92 Å². The van der Waals surface area contributed by atoms with Gasteiger partial charge < -0.3 is 20.1 Å². The van der Waals surface area contributed by atoms with Crippen LogP contribution in [-0.2, 0) is 14.3 Å². The van der Waals surface area contributed by atoms with Crippen LogP contribution in [0.5, 0.6) is 5.75 Å². The Kier molecular flexibility index (Phi) is 8.67. The summed E-state index contributed by atoms with van der Waals surface area (Å²) in [7, 11) is 1.62. The molecule has 0 saturated carbocycles. The summed E-state index contributed by atoms with van der Waals surface area (Å²) in [6.45, 7) is 2.96. The molecule has 0 bridgehead atoms. The maximum atomic E-state index is 12.0. The Balaban J connectivity index is 1.67. The van der Waals surface area contributed by atoms with Gasteiger partial charge in [-0.3, -0.25) is 9.59 Å². The van der Waals surface area contributed by atoms with Crippen molar-refractivity contribution in [2.75, 3.05) is 42.5 Å². The van der Waals surface area contributed by atoms with Crippen LogP contribution in [0.15, 0.2) is 48.5 Å². The molecule has 0 heterocycles. The van der Waals surface area contributed by atoms with Gasteiger partial charge in [0, 0.05) is 18.5 Å². The van der Waals surface area contributed by atoms with E-state index in [0.29, 0.717) is 24.7 Å². The lowest BCUT2D eigenvalue weighted by Gasteiger charge is -2.08. The van der Waals surface area contributed by atoms with Crippen LogP contribution < -0.4 is 15.4 Å². The second kappa shape index (κ2) is 11.3. The van der Waals surface area contributed by atoms with Gasteiger partial charge in [0.2, 0.25) is 11.8 Å². The molecule has 0 saturated heterocycles. The number of anilines is 2. The van der Waals surface area contributed by atoms with E-state index < -0.39 is 0 Å². The quantitative estimate of drug-likeness (QED) is 0.611. The molecule has 0 aliphatic heterocycles. The first-order valence-corrected chi connectivity index (χ1v) is 9.68. The molecule has 144 valence electrons. The van der Waals surface area contributed by atoms with Crippen LogP contribution in [0.2, 0.25) is 0 Å². The third-order valence-corrected chi connectivity index (χ3v) is 4.40. The Morgan fingerprint density at radius 3 is 2.22 bits per heavy atom. The first-order chi connectivity index (χ1) is 13.1. The third-order valence-electron chi connectivity index (χ3n) is 3.46. The van der Waals surface area contributed by atoms with Crippen molar-refractivity contribution in [2.24, 2.45) is 0 Å². The standard InChI is InChI=1S/C20H24N2O4S/c1-15-4-3-5-17(12-15)22-20(24)14-27-13-19(23)21-16-6-8-18(9-7-16)26-11-10-25-2/h3-9,12H,10-11,13-14H2,1-2H3,(H,21,23)(H,22,24). The van der Waals surface area contributed by atoms with Crippen molar-refractivity contribution in [3.8, 4) is 5.75 Å². The molecule has 2 rings (SSSR count). The second-order valence-electron chi connectivity index (χ2n) is 5.82. The number of ether oxygens (including phenoxy) is 2. The van der Waals surface area contributed by atoms with E-state index in [4.69, 9.17) is 9.47 Å². The molecule has 0 unspecified atom stereocenters. The average molecular weight is 388 g/mol. The van der Waals surface area contributed by atoms with Crippen LogP contribution in [0.1, 0.15) is 5.56 Å². The maximum absolute atomic E-state index is 12.0. The largest absolute Gasteiger partial charge is 0.491 e. The van der Waals surface area contributed by atoms with Crippen LogP contribution in [0.25, 0.3) is 0 Å². The number of aryl methyl sites for hydroxylation is 1. The van der Waals surface area contributed by atoms with E-state index in [1.54, 1.807) is 31.4 Å². The lowest BCUT2D eigenvalue weighted by Crippen LogP contribution is -2.18. The van der Waals surface area contributed by atoms with Crippen molar-refractivity contribution in [3.05, 3.63) is 54.1 Å². The third kappa shape index (κ3) is 8.15. The van der Waals surface area contributed by atoms with E-state index >= 15 is 0 Å². The summed E-state index contributed by atoms with van der Waals surface area (Å²) in [5, 5.41) is 5.61. The second-order valence-corrected chi connectivity index (χ2v) is 6.81. The molecule has 2 aromatic carbocycles. The molecule has 2 amide bonds. The molecular weight excluding hydrogens is 364 g/mol. The highest BCUT2D eigenvalue weighted by atomic mass is 32.2. The number of benzene rings is 2. The van der Waals surface area contributed by atoms with E-state index in [0.717, 1.165) is 11.3 Å². The van der Waals surface area contributed by atoms with E-state index in [1.807, 2.05) is 31.2 Å². The van der Waals surface area contributed by atoms with Crippen LogP contribution in [0.3, 0.4) is 0 Å². The van der Waals surface area contributed by atoms with Gasteiger partial charge in [0.1, 0.15) is 12.4 Å². The predicted molar refractivity (Wildman–Crippen MR) is 110 cm³/mol. The van der Waals surface area contributed by atoms with Gasteiger partial charge in [-0.05, 0) is 48.9 Å². The number of thioether (sulfide) groups is 1. The molecule has 27 heavy (non-hydrogen) atoms. The molecule has 0 spiro atoms. The summed E-state index contributed by atoms with van der Waals surface area (Å²) in [5.41, 5.74) is 2.52. The van der Waals surface area contributed by atoms with Gasteiger partial charge in [0.25, 0.3) is 0 Å². The van der Waals surface area contributed by atoms with Crippen LogP contribution in [-0.4, -0.2) is 43.6 Å². The minimum atomic E-state index is -0.156. The number of amides is 2. The van der Waals surface area contributed by atoms with Gasteiger partial charge in [-0.2, -0.15) is 0 Å². The topological polar surface area (TPSA) is 76.7 Å². The summed E-state index contributed by atoms with van der Waals surface area (Å²) >= 11 is 1.27. The monoisotopic (exact) mass is 388 g/mol. The molecule has 0 atom stereocenters. The van der Waals surface area contributed by atoms with E-state index in [1.165, 1.54) is 11.8 Å². The summed E-state index contributed by atoms with van der Waals surface area (Å²) in [4.78, 5) is 23.9. The van der Waals surface area contributed by atoms with Crippen molar-refractivity contribution >= 4 is 35.0 Å². The van der Waals surface area contributed by atoms with Crippen LogP contribution >= 0.6 is 11.8 Å². The molecule has 2 N–H and O–H groups in total. The minimum absolute atomic E-state index is 0.129. The molecule has 6 nitrogen and oxygen atoms in total. The first kappa shape index (κ1) is 20.8. The highest BCUT2D eigenvalue weighted by Crippen LogP contribution is 2.16. The van der Waals surface area contributed by atoms with Gasteiger partial charge in [0.05, 0.1) is 18.1 Å². The molecule has 2 aromatic rings. The summed E-state index contributed by atoms with van der Waals surface area (Å²) in [5.74, 6) is 0.848. The zero-order valence-electron chi connectivity index (χ0n) is 15.5. The number of carbonyl (C=O) groups is 2. The maximum Gasteiger partial charge on any atom is 0.234 e. The van der Waals surface area contributed by atoms with Crippen molar-refractivity contribution in [1.29, 1.82) is 0 Å². The number of rotatable bonds is 10. The lowest BCUT2D eigenvalue weighted by atomic mass is 10.2. The molecule has 0 aromatic heterocycles. The van der Waals surface area contributed by atoms with Crippen molar-refractivity contribution in [3.63, 3.8) is 0 Å². The van der Waals surface area contributed by atoms with Gasteiger partial charge in [0.15, 0.2) is 0 Å². The lowest BCUT2D eigenvalue weighted by molar-refractivity contribution is -0.114. The fraction of sp³-hybridized carbons (Fsp3) is 0.300. The number of hydrogen-bond acceptors (Lipinski definition) is 5. The molecule has 0 aliphatic carbocycles. The zero-order chi connectivity index (χ0) is 19.5. The van der Waals surface area contributed by atoms with Gasteiger partial charge in [-0.15, -0.1) is 11.8 Å². The highest BCUT2D eigenvalue weighted by molar-refractivity contribution is 8.00. The number of carbonyl (C=O) groups excluding carboxylic acids is 2. The minimum Gasteiger partial charge on any atom is -0.491 e. The van der Waals surface area contributed by atoms with Crippen molar-refractivity contribution < 1.29 is 19.1 Å². The Morgan fingerprint density at radius 2 is 1.59 bits per heavy atom. The van der Waals surface area contributed by atoms with Gasteiger partial charge in [-0.25, -0.2) is 0 Å². The molecule has 0 aliphatic rings. The Labute approximate surface area is 163 Å². The number of hydrogen-bond donors (Lipinski definition) is 2. The molecule has 0 radical (unpaired) electrons. The summed E-state index contributed by atoms with van der Waals surface area (Å²) in [6, 6.07) is 14.7. The molecular formula is C20H24N2O4S. The van der Waals surface area contributed by atoms with E-state index in [2.05, 4.69) is 10.6 Å². The SMILES string of the molecule is COCCOc1ccc(NC(=O)CSCC(=O)Nc2cccc(C)c2)cc1. The number of nitrogens with one attached hydrogen (secondary N) is 2. The zero-order valence-corrected chi connectivity index (χ0v) is 16.3. The highest BCUT2D eigenvalue weighted by Gasteiger charge is 2.07. The molecule has 7 heteroatoms. The van der Waals surface area contributed by atoms with Gasteiger partial charge >= 0.3 is 0 Å². The first-order valence-electron chi connectivity index (χ1n) is 8.53. The summed E-state index contributed by atoms with van der Waals surface area (Å²) < 4.78 is 10.4.